The van der Waals surface area contributed by atoms with Crippen molar-refractivity contribution in [2.75, 3.05) is 7.11 Å². The van der Waals surface area contributed by atoms with E-state index >= 15 is 0 Å². The van der Waals surface area contributed by atoms with E-state index in [9.17, 15) is 0 Å². The molecule has 9 nitrogen and oxygen atoms in total. The molecular formula is C20H16N6O3. The molecule has 5 rings (SSSR count). The third-order valence-electron chi connectivity index (χ3n) is 4.42. The number of benzene rings is 1. The van der Waals surface area contributed by atoms with Gasteiger partial charge < -0.3 is 14.0 Å². The number of aromatic nitrogens is 6. The first kappa shape index (κ1) is 17.1. The second kappa shape index (κ2) is 6.86. The fourth-order valence-electron chi connectivity index (χ4n) is 3.01. The Kier molecular flexibility index (Phi) is 4.05. The van der Waals surface area contributed by atoms with Crippen molar-refractivity contribution in [1.82, 2.24) is 30.0 Å². The summed E-state index contributed by atoms with van der Waals surface area (Å²) in [5.41, 5.74) is 2.73. The molecule has 0 saturated heterocycles. The predicted molar refractivity (Wildman–Crippen MR) is 104 cm³/mol. The molecule has 9 heteroatoms. The van der Waals surface area contributed by atoms with Gasteiger partial charge in [0, 0.05) is 17.5 Å². The smallest absolute Gasteiger partial charge is 0.275 e. The van der Waals surface area contributed by atoms with Crippen LogP contribution in [0.3, 0.4) is 0 Å². The summed E-state index contributed by atoms with van der Waals surface area (Å²) in [6, 6.07) is 15.3. The zero-order valence-corrected chi connectivity index (χ0v) is 15.7. The number of ether oxygens (including phenoxy) is 2. The molecular weight excluding hydrogens is 372 g/mol. The highest BCUT2D eigenvalue weighted by atomic mass is 16.5. The Morgan fingerprint density at radius 3 is 2.79 bits per heavy atom. The van der Waals surface area contributed by atoms with Crippen LogP contribution in [0.5, 0.6) is 11.6 Å². The lowest BCUT2D eigenvalue weighted by Crippen LogP contribution is -2.05. The number of methoxy groups -OCH3 is 1. The Morgan fingerprint density at radius 2 is 1.97 bits per heavy atom. The molecule has 0 fully saturated rings. The van der Waals surface area contributed by atoms with E-state index in [1.807, 2.05) is 36.4 Å². The summed E-state index contributed by atoms with van der Waals surface area (Å²) in [4.78, 5) is 4.62. The molecule has 0 amide bonds. The largest absolute Gasteiger partial charge is 0.491 e. The van der Waals surface area contributed by atoms with E-state index in [1.165, 1.54) is 0 Å². The second-order valence-electron chi connectivity index (χ2n) is 6.42. The molecule has 5 aromatic rings. The Balaban J connectivity index is 1.49. The molecule has 0 aliphatic heterocycles. The van der Waals surface area contributed by atoms with Crippen LogP contribution in [0.2, 0.25) is 0 Å². The number of rotatable bonds is 5. The molecule has 0 bridgehead atoms. The lowest BCUT2D eigenvalue weighted by molar-refractivity contribution is 0.264. The Hall–Kier alpha value is -4.01. The summed E-state index contributed by atoms with van der Waals surface area (Å²) in [6.45, 7) is 2.04. The molecule has 144 valence electrons. The monoisotopic (exact) mass is 388 g/mol. The molecule has 4 heterocycles. The van der Waals surface area contributed by atoms with Crippen LogP contribution in [0.25, 0.3) is 28.1 Å². The number of fused-ring (bicyclic) bond motifs is 2. The summed E-state index contributed by atoms with van der Waals surface area (Å²) < 4.78 is 18.0. The summed E-state index contributed by atoms with van der Waals surface area (Å²) in [5.74, 6) is 1.88. The average molecular weight is 388 g/mol. The maximum absolute atomic E-state index is 5.92. The zero-order valence-electron chi connectivity index (χ0n) is 15.7. The van der Waals surface area contributed by atoms with E-state index in [4.69, 9.17) is 14.0 Å². The van der Waals surface area contributed by atoms with Gasteiger partial charge in [-0.2, -0.15) is 4.52 Å². The molecule has 29 heavy (non-hydrogen) atoms. The SMILES string of the molecule is COc1cc2nnc(-c3cc(C)on3)n2nc1OCc1ccc2ccccc2n1. The van der Waals surface area contributed by atoms with E-state index in [2.05, 4.69) is 25.4 Å². The van der Waals surface area contributed by atoms with Gasteiger partial charge in [-0.05, 0) is 19.1 Å². The first-order valence-corrected chi connectivity index (χ1v) is 8.93. The van der Waals surface area contributed by atoms with Crippen molar-refractivity contribution in [1.29, 1.82) is 0 Å². The topological polar surface area (TPSA) is 100 Å². The predicted octanol–water partition coefficient (Wildman–Crippen LogP) is 3.22. The number of pyridine rings is 1. The lowest BCUT2D eigenvalue weighted by Gasteiger charge is -2.10. The van der Waals surface area contributed by atoms with E-state index < -0.39 is 0 Å². The molecule has 0 aliphatic carbocycles. The minimum absolute atomic E-state index is 0.236. The van der Waals surface area contributed by atoms with E-state index in [0.717, 1.165) is 16.6 Å². The van der Waals surface area contributed by atoms with Gasteiger partial charge in [-0.15, -0.1) is 15.3 Å². The first-order chi connectivity index (χ1) is 14.2. The van der Waals surface area contributed by atoms with E-state index in [0.29, 0.717) is 34.6 Å². The quantitative estimate of drug-likeness (QED) is 0.452. The Bertz CT molecular complexity index is 1330. The highest BCUT2D eigenvalue weighted by molar-refractivity contribution is 5.78. The lowest BCUT2D eigenvalue weighted by atomic mass is 10.2. The fourth-order valence-corrected chi connectivity index (χ4v) is 3.01. The van der Waals surface area contributed by atoms with Gasteiger partial charge in [0.05, 0.1) is 18.3 Å². The van der Waals surface area contributed by atoms with Crippen molar-refractivity contribution in [3.8, 4) is 23.1 Å². The average Bonchev–Trinajstić information content (AvgIpc) is 3.36. The van der Waals surface area contributed by atoms with Gasteiger partial charge in [0.1, 0.15) is 12.4 Å². The first-order valence-electron chi connectivity index (χ1n) is 8.93. The number of nitrogens with zero attached hydrogens (tertiary/aromatic N) is 6. The van der Waals surface area contributed by atoms with Gasteiger partial charge in [0.15, 0.2) is 17.1 Å². The molecule has 0 radical (unpaired) electrons. The van der Waals surface area contributed by atoms with Crippen molar-refractivity contribution < 1.29 is 14.0 Å². The minimum atomic E-state index is 0.236. The maximum atomic E-state index is 5.92. The second-order valence-corrected chi connectivity index (χ2v) is 6.42. The summed E-state index contributed by atoms with van der Waals surface area (Å²) in [6.07, 6.45) is 0. The minimum Gasteiger partial charge on any atom is -0.491 e. The normalized spacial score (nSPS) is 11.2. The van der Waals surface area contributed by atoms with Crippen LogP contribution in [0.15, 0.2) is 53.1 Å². The molecule has 0 saturated carbocycles. The van der Waals surface area contributed by atoms with Crippen LogP contribution < -0.4 is 9.47 Å². The number of aryl methyl sites for hydroxylation is 1. The van der Waals surface area contributed by atoms with E-state index in [1.54, 1.807) is 30.7 Å². The van der Waals surface area contributed by atoms with Crippen LogP contribution in [0.4, 0.5) is 0 Å². The van der Waals surface area contributed by atoms with Gasteiger partial charge in [-0.3, -0.25) is 0 Å². The molecule has 0 unspecified atom stereocenters. The highest BCUT2D eigenvalue weighted by Gasteiger charge is 2.17. The van der Waals surface area contributed by atoms with Crippen molar-refractivity contribution in [2.45, 2.75) is 13.5 Å². The van der Waals surface area contributed by atoms with Crippen LogP contribution >= 0.6 is 0 Å². The molecule has 0 N–H and O–H groups in total. The van der Waals surface area contributed by atoms with E-state index in [-0.39, 0.29) is 6.61 Å². The van der Waals surface area contributed by atoms with Gasteiger partial charge in [0.25, 0.3) is 5.88 Å². The van der Waals surface area contributed by atoms with Crippen molar-refractivity contribution >= 4 is 16.6 Å². The number of hydrogen-bond donors (Lipinski definition) is 0. The highest BCUT2D eigenvalue weighted by Crippen LogP contribution is 2.28. The standard InChI is InChI=1S/C20H16N6O3/c1-12-9-16(25-29-12)19-23-22-18-10-17(27-2)20(24-26(18)19)28-11-14-8-7-13-5-3-4-6-15(13)21-14/h3-10H,11H2,1-2H3. The van der Waals surface area contributed by atoms with Gasteiger partial charge >= 0.3 is 0 Å². The molecule has 0 aliphatic rings. The fraction of sp³-hybridized carbons (Fsp3) is 0.150. The van der Waals surface area contributed by atoms with Gasteiger partial charge in [0.2, 0.25) is 5.82 Å². The summed E-state index contributed by atoms with van der Waals surface area (Å²) in [7, 11) is 1.55. The third kappa shape index (κ3) is 3.12. The van der Waals surface area contributed by atoms with Crippen molar-refractivity contribution in [3.63, 3.8) is 0 Å². The molecule has 0 spiro atoms. The Morgan fingerprint density at radius 1 is 1.07 bits per heavy atom. The molecule has 0 atom stereocenters. The molecule has 1 aromatic carbocycles. The summed E-state index contributed by atoms with van der Waals surface area (Å²) in [5, 5.41) is 17.8. The number of hydrogen-bond acceptors (Lipinski definition) is 8. The molecule has 4 aromatic heterocycles. The van der Waals surface area contributed by atoms with Crippen LogP contribution in [-0.2, 0) is 6.61 Å². The van der Waals surface area contributed by atoms with Gasteiger partial charge in [-0.25, -0.2) is 4.98 Å². The number of para-hydroxylation sites is 1. The third-order valence-corrected chi connectivity index (χ3v) is 4.42. The van der Waals surface area contributed by atoms with Crippen molar-refractivity contribution in [3.05, 3.63) is 60.0 Å². The van der Waals surface area contributed by atoms with Crippen LogP contribution in [0, 0.1) is 6.92 Å². The van der Waals surface area contributed by atoms with Gasteiger partial charge in [-0.1, -0.05) is 29.4 Å². The maximum Gasteiger partial charge on any atom is 0.275 e. The van der Waals surface area contributed by atoms with Crippen molar-refractivity contribution in [2.24, 2.45) is 0 Å². The Labute approximate surface area is 164 Å². The zero-order chi connectivity index (χ0) is 19.8. The van der Waals surface area contributed by atoms with Crippen LogP contribution in [-0.4, -0.2) is 37.1 Å². The van der Waals surface area contributed by atoms with Crippen LogP contribution in [0.1, 0.15) is 11.5 Å². The summed E-state index contributed by atoms with van der Waals surface area (Å²) >= 11 is 0.